The highest BCUT2D eigenvalue weighted by molar-refractivity contribution is 7.13. The van der Waals surface area contributed by atoms with E-state index in [9.17, 15) is 4.79 Å². The van der Waals surface area contributed by atoms with Crippen molar-refractivity contribution in [3.8, 4) is 10.7 Å². The van der Waals surface area contributed by atoms with Gasteiger partial charge in [-0.3, -0.25) is 14.8 Å². The number of aromatic nitrogens is 3. The molecular formula is C15H21N5OS. The quantitative estimate of drug-likeness (QED) is 0.754. The van der Waals surface area contributed by atoms with Crippen LogP contribution in [0.5, 0.6) is 0 Å². The van der Waals surface area contributed by atoms with Gasteiger partial charge in [0.2, 0.25) is 0 Å². The van der Waals surface area contributed by atoms with E-state index in [0.717, 1.165) is 26.1 Å². The topological polar surface area (TPSA) is 71.0 Å². The highest BCUT2D eigenvalue weighted by Crippen LogP contribution is 2.20. The average Bonchev–Trinajstić information content (AvgIpc) is 3.06. The van der Waals surface area contributed by atoms with Gasteiger partial charge >= 0.3 is 0 Å². The summed E-state index contributed by atoms with van der Waals surface area (Å²) in [5.74, 6) is -0.133. The summed E-state index contributed by atoms with van der Waals surface area (Å²) in [6.45, 7) is 8.02. The Bertz CT molecular complexity index is 583. The molecular weight excluding hydrogens is 298 g/mol. The first-order valence-corrected chi connectivity index (χ1v) is 8.35. The van der Waals surface area contributed by atoms with E-state index < -0.39 is 0 Å². The van der Waals surface area contributed by atoms with Gasteiger partial charge in [0, 0.05) is 24.3 Å². The van der Waals surface area contributed by atoms with Crippen molar-refractivity contribution in [2.24, 2.45) is 0 Å². The van der Waals surface area contributed by atoms with Gasteiger partial charge in [0.25, 0.3) is 5.91 Å². The van der Waals surface area contributed by atoms with Crippen LogP contribution in [-0.2, 0) is 0 Å². The van der Waals surface area contributed by atoms with Gasteiger partial charge in [-0.05, 0) is 26.1 Å². The van der Waals surface area contributed by atoms with Crippen LogP contribution in [0.4, 0.5) is 0 Å². The number of hydrogen-bond acceptors (Lipinski definition) is 6. The average molecular weight is 319 g/mol. The molecule has 0 unspecified atom stereocenters. The van der Waals surface area contributed by atoms with Gasteiger partial charge in [0.05, 0.1) is 6.20 Å². The number of thiazole rings is 1. The number of nitrogens with one attached hydrogen (secondary N) is 1. The van der Waals surface area contributed by atoms with E-state index in [2.05, 4.69) is 39.0 Å². The van der Waals surface area contributed by atoms with Crippen LogP contribution in [0.3, 0.4) is 0 Å². The molecule has 2 heterocycles. The van der Waals surface area contributed by atoms with Gasteiger partial charge in [-0.1, -0.05) is 13.8 Å². The number of hydrogen-bond donors (Lipinski definition) is 1. The van der Waals surface area contributed by atoms with Crippen molar-refractivity contribution in [3.63, 3.8) is 0 Å². The summed E-state index contributed by atoms with van der Waals surface area (Å²) in [6, 6.07) is 0. The molecule has 6 nitrogen and oxygen atoms in total. The summed E-state index contributed by atoms with van der Waals surface area (Å²) in [4.78, 5) is 26.9. The Kier molecular flexibility index (Phi) is 6.42. The van der Waals surface area contributed by atoms with Crippen LogP contribution >= 0.6 is 11.3 Å². The Morgan fingerprint density at radius 3 is 2.82 bits per heavy atom. The summed E-state index contributed by atoms with van der Waals surface area (Å²) >= 11 is 1.40. The van der Waals surface area contributed by atoms with Crippen LogP contribution in [0.2, 0.25) is 0 Å². The molecule has 0 saturated heterocycles. The Hall–Kier alpha value is -1.86. The number of rotatable bonds is 8. The first-order valence-electron chi connectivity index (χ1n) is 7.47. The minimum atomic E-state index is -0.133. The van der Waals surface area contributed by atoms with E-state index in [1.54, 1.807) is 24.0 Å². The molecule has 118 valence electrons. The fourth-order valence-electron chi connectivity index (χ4n) is 2.04. The lowest BCUT2D eigenvalue weighted by Gasteiger charge is -2.17. The van der Waals surface area contributed by atoms with E-state index in [4.69, 9.17) is 0 Å². The predicted molar refractivity (Wildman–Crippen MR) is 87.9 cm³/mol. The zero-order valence-electron chi connectivity index (χ0n) is 13.0. The molecule has 0 aliphatic rings. The Morgan fingerprint density at radius 1 is 1.32 bits per heavy atom. The number of carbonyl (C=O) groups excluding carboxylic acids is 1. The van der Waals surface area contributed by atoms with Crippen molar-refractivity contribution in [1.29, 1.82) is 0 Å². The van der Waals surface area contributed by atoms with E-state index >= 15 is 0 Å². The molecule has 0 bridgehead atoms. The van der Waals surface area contributed by atoms with Crippen LogP contribution in [0.1, 0.15) is 30.8 Å². The van der Waals surface area contributed by atoms with Crippen molar-refractivity contribution >= 4 is 17.2 Å². The maximum absolute atomic E-state index is 12.1. The van der Waals surface area contributed by atoms with Gasteiger partial charge in [-0.25, -0.2) is 4.98 Å². The SMILES string of the molecule is CCN(CC)CCCNC(=O)c1csc(-c2cnccn2)n1. The van der Waals surface area contributed by atoms with Gasteiger partial charge in [-0.2, -0.15) is 0 Å². The minimum Gasteiger partial charge on any atom is -0.351 e. The first kappa shape index (κ1) is 16.5. The van der Waals surface area contributed by atoms with Crippen molar-refractivity contribution in [1.82, 2.24) is 25.2 Å². The summed E-state index contributed by atoms with van der Waals surface area (Å²) < 4.78 is 0. The zero-order valence-corrected chi connectivity index (χ0v) is 13.8. The van der Waals surface area contributed by atoms with Crippen LogP contribution in [0, 0.1) is 0 Å². The molecule has 1 N–H and O–H groups in total. The number of amides is 1. The standard InChI is InChI=1S/C15H21N5OS/c1-3-20(4-2)9-5-6-18-14(21)13-11-22-15(19-13)12-10-16-7-8-17-12/h7-8,10-11H,3-6,9H2,1-2H3,(H,18,21). The van der Waals surface area contributed by atoms with E-state index in [0.29, 0.717) is 22.9 Å². The summed E-state index contributed by atoms with van der Waals surface area (Å²) in [6.07, 6.45) is 5.81. The lowest BCUT2D eigenvalue weighted by atomic mass is 10.3. The lowest BCUT2D eigenvalue weighted by molar-refractivity contribution is 0.0947. The highest BCUT2D eigenvalue weighted by atomic mass is 32.1. The number of carbonyl (C=O) groups is 1. The second-order valence-corrected chi connectivity index (χ2v) is 5.62. The molecule has 0 atom stereocenters. The summed E-state index contributed by atoms with van der Waals surface area (Å²) in [5, 5.41) is 5.37. The maximum Gasteiger partial charge on any atom is 0.270 e. The normalized spacial score (nSPS) is 10.9. The molecule has 2 aromatic rings. The maximum atomic E-state index is 12.1. The lowest BCUT2D eigenvalue weighted by Crippen LogP contribution is -2.30. The highest BCUT2D eigenvalue weighted by Gasteiger charge is 2.12. The second-order valence-electron chi connectivity index (χ2n) is 4.76. The molecule has 0 saturated carbocycles. The van der Waals surface area contributed by atoms with Gasteiger partial charge in [-0.15, -0.1) is 11.3 Å². The summed E-state index contributed by atoms with van der Waals surface area (Å²) in [5.41, 5.74) is 1.13. The molecule has 0 aromatic carbocycles. The van der Waals surface area contributed by atoms with Gasteiger partial charge in [0.1, 0.15) is 16.4 Å². The third-order valence-electron chi connectivity index (χ3n) is 3.35. The molecule has 22 heavy (non-hydrogen) atoms. The first-order chi connectivity index (χ1) is 10.7. The van der Waals surface area contributed by atoms with Crippen LogP contribution < -0.4 is 5.32 Å². The molecule has 0 aliphatic carbocycles. The summed E-state index contributed by atoms with van der Waals surface area (Å²) in [7, 11) is 0. The monoisotopic (exact) mass is 319 g/mol. The van der Waals surface area contributed by atoms with Crippen molar-refractivity contribution in [2.45, 2.75) is 20.3 Å². The minimum absolute atomic E-state index is 0.133. The van der Waals surface area contributed by atoms with Crippen LogP contribution in [0.25, 0.3) is 10.7 Å². The van der Waals surface area contributed by atoms with Crippen molar-refractivity contribution in [2.75, 3.05) is 26.2 Å². The van der Waals surface area contributed by atoms with Gasteiger partial charge < -0.3 is 10.2 Å². The third-order valence-corrected chi connectivity index (χ3v) is 4.22. The molecule has 2 rings (SSSR count). The van der Waals surface area contributed by atoms with Crippen molar-refractivity contribution in [3.05, 3.63) is 29.7 Å². The van der Waals surface area contributed by atoms with Crippen molar-refractivity contribution < 1.29 is 4.79 Å². The Balaban J connectivity index is 1.82. The fourth-order valence-corrected chi connectivity index (χ4v) is 2.80. The fraction of sp³-hybridized carbons (Fsp3) is 0.467. The Morgan fingerprint density at radius 2 is 2.14 bits per heavy atom. The molecule has 0 aliphatic heterocycles. The van der Waals surface area contributed by atoms with Gasteiger partial charge in [0.15, 0.2) is 0 Å². The molecule has 2 aromatic heterocycles. The Labute approximate surface area is 134 Å². The molecule has 7 heteroatoms. The van der Waals surface area contributed by atoms with Crippen LogP contribution in [-0.4, -0.2) is 51.9 Å². The molecule has 0 fully saturated rings. The largest absolute Gasteiger partial charge is 0.351 e. The molecule has 0 radical (unpaired) electrons. The molecule has 1 amide bonds. The third kappa shape index (κ3) is 4.57. The number of nitrogens with zero attached hydrogens (tertiary/aromatic N) is 4. The second kappa shape index (κ2) is 8.55. The van der Waals surface area contributed by atoms with E-state index in [-0.39, 0.29) is 5.91 Å². The predicted octanol–water partition coefficient (Wildman–Crippen LogP) is 2.06. The smallest absolute Gasteiger partial charge is 0.270 e. The zero-order chi connectivity index (χ0) is 15.8. The van der Waals surface area contributed by atoms with E-state index in [1.165, 1.54) is 11.3 Å². The molecule has 0 spiro atoms. The van der Waals surface area contributed by atoms with Crippen LogP contribution in [0.15, 0.2) is 24.0 Å². The van der Waals surface area contributed by atoms with E-state index in [1.807, 2.05) is 0 Å².